The fraction of sp³-hybridized carbons (Fsp3) is 0.533. The number of benzene rings is 1. The van der Waals surface area contributed by atoms with Gasteiger partial charge in [-0.1, -0.05) is 18.2 Å². The number of amides is 2. The van der Waals surface area contributed by atoms with E-state index in [0.717, 1.165) is 4.31 Å². The van der Waals surface area contributed by atoms with E-state index >= 15 is 0 Å². The molecule has 0 spiro atoms. The maximum absolute atomic E-state index is 12.3. The number of rotatable bonds is 8. The monoisotopic (exact) mass is 397 g/mol. The lowest BCUT2D eigenvalue weighted by Crippen LogP contribution is -2.43. The van der Waals surface area contributed by atoms with Gasteiger partial charge in [-0.25, -0.2) is 17.5 Å². The Balaban J connectivity index is 2.58. The molecular weight excluding hydrogens is 375 g/mol. The van der Waals surface area contributed by atoms with E-state index in [1.165, 1.54) is 27.1 Å². The van der Waals surface area contributed by atoms with Crippen molar-refractivity contribution in [1.82, 2.24) is 14.9 Å². The maximum Gasteiger partial charge on any atom is 0.411 e. The molecule has 0 aromatic heterocycles. The Morgan fingerprint density at radius 1 is 1.27 bits per heavy atom. The van der Waals surface area contributed by atoms with Crippen LogP contribution in [0, 0.1) is 0 Å². The topological polar surface area (TPSA) is 87.7 Å². The normalized spacial score (nSPS) is 13.5. The van der Waals surface area contributed by atoms with Crippen LogP contribution in [0.25, 0.3) is 0 Å². The fourth-order valence-corrected chi connectivity index (χ4v) is 3.06. The Morgan fingerprint density at radius 2 is 1.88 bits per heavy atom. The van der Waals surface area contributed by atoms with E-state index in [1.54, 1.807) is 18.2 Å². The van der Waals surface area contributed by atoms with Gasteiger partial charge in [0.2, 0.25) is 10.0 Å². The highest BCUT2D eigenvalue weighted by Gasteiger charge is 2.27. The predicted octanol–water partition coefficient (Wildman–Crippen LogP) is 1.70. The van der Waals surface area contributed by atoms with Crippen molar-refractivity contribution in [2.24, 2.45) is 0 Å². The largest absolute Gasteiger partial charge is 0.411 e. The molecule has 2 N–H and O–H groups in total. The number of urea groups is 1. The van der Waals surface area contributed by atoms with Gasteiger partial charge in [0.15, 0.2) is 0 Å². The van der Waals surface area contributed by atoms with Crippen LogP contribution >= 0.6 is 0 Å². The van der Waals surface area contributed by atoms with E-state index in [4.69, 9.17) is 0 Å². The minimum atomic E-state index is -4.43. The summed E-state index contributed by atoms with van der Waals surface area (Å²) >= 11 is 0. The summed E-state index contributed by atoms with van der Waals surface area (Å²) in [6.07, 6.45) is -4.43. The SMILES string of the molecule is CC(COCC(F)(F)F)NC(=O)NCc1ccccc1S(=O)(=O)N(C)C. The first-order valence-corrected chi connectivity index (χ1v) is 9.07. The van der Waals surface area contributed by atoms with Crippen molar-refractivity contribution in [3.8, 4) is 0 Å². The molecule has 1 aromatic carbocycles. The average molecular weight is 397 g/mol. The van der Waals surface area contributed by atoms with E-state index in [-0.39, 0.29) is 18.0 Å². The van der Waals surface area contributed by atoms with Gasteiger partial charge in [0.25, 0.3) is 0 Å². The molecule has 26 heavy (non-hydrogen) atoms. The number of hydrogen-bond acceptors (Lipinski definition) is 4. The Morgan fingerprint density at radius 3 is 2.46 bits per heavy atom. The average Bonchev–Trinajstić information content (AvgIpc) is 2.51. The van der Waals surface area contributed by atoms with Crippen molar-refractivity contribution in [1.29, 1.82) is 0 Å². The lowest BCUT2D eigenvalue weighted by atomic mass is 10.2. The zero-order chi connectivity index (χ0) is 20.0. The smallest absolute Gasteiger partial charge is 0.370 e. The molecule has 1 atom stereocenters. The number of alkyl halides is 3. The molecule has 0 aliphatic rings. The molecule has 1 rings (SSSR count). The molecule has 0 bridgehead atoms. The standard InChI is InChI=1S/C15H22F3N3O4S/c1-11(9-25-10-15(16,17)18)20-14(22)19-8-12-6-4-5-7-13(12)26(23,24)21(2)3/h4-7,11H,8-10H2,1-3H3,(H2,19,20,22). The van der Waals surface area contributed by atoms with Crippen molar-refractivity contribution in [2.45, 2.75) is 30.6 Å². The van der Waals surface area contributed by atoms with Crippen LogP contribution in [0.3, 0.4) is 0 Å². The summed E-state index contributed by atoms with van der Waals surface area (Å²) in [7, 11) is -0.874. The van der Waals surface area contributed by atoms with Gasteiger partial charge in [-0.05, 0) is 18.6 Å². The number of carbonyl (C=O) groups is 1. The molecule has 0 saturated heterocycles. The first-order valence-electron chi connectivity index (χ1n) is 7.63. The molecule has 148 valence electrons. The van der Waals surface area contributed by atoms with Crippen LogP contribution in [0.15, 0.2) is 29.2 Å². The zero-order valence-corrected chi connectivity index (χ0v) is 15.4. The van der Waals surface area contributed by atoms with Gasteiger partial charge < -0.3 is 15.4 Å². The van der Waals surface area contributed by atoms with Crippen molar-refractivity contribution in [3.05, 3.63) is 29.8 Å². The minimum absolute atomic E-state index is 0.0619. The number of ether oxygens (including phenoxy) is 1. The molecule has 0 saturated carbocycles. The number of sulfonamides is 1. The summed E-state index contributed by atoms with van der Waals surface area (Å²) in [5, 5.41) is 4.89. The molecular formula is C15H22F3N3O4S. The number of halogens is 3. The third-order valence-corrected chi connectivity index (χ3v) is 5.10. The quantitative estimate of drug-likeness (QED) is 0.699. The van der Waals surface area contributed by atoms with E-state index in [2.05, 4.69) is 15.4 Å². The van der Waals surface area contributed by atoms with Crippen molar-refractivity contribution in [2.75, 3.05) is 27.3 Å². The number of nitrogens with one attached hydrogen (secondary N) is 2. The zero-order valence-electron chi connectivity index (χ0n) is 14.6. The molecule has 7 nitrogen and oxygen atoms in total. The van der Waals surface area contributed by atoms with Crippen LogP contribution in [0.5, 0.6) is 0 Å². The first-order chi connectivity index (χ1) is 11.9. The van der Waals surface area contributed by atoms with Crippen molar-refractivity contribution >= 4 is 16.1 Å². The van der Waals surface area contributed by atoms with Gasteiger partial charge in [-0.15, -0.1) is 0 Å². The summed E-state index contributed by atoms with van der Waals surface area (Å²) in [5.41, 5.74) is 0.386. The molecule has 0 heterocycles. The summed E-state index contributed by atoms with van der Waals surface area (Å²) in [6, 6.07) is 4.89. The third kappa shape index (κ3) is 7.18. The molecule has 1 aromatic rings. The van der Waals surface area contributed by atoms with E-state index < -0.39 is 34.9 Å². The molecule has 11 heteroatoms. The second-order valence-corrected chi connectivity index (χ2v) is 7.87. The molecule has 0 radical (unpaired) electrons. The summed E-state index contributed by atoms with van der Waals surface area (Å²) in [6.45, 7) is -0.277. The van der Waals surface area contributed by atoms with Crippen LogP contribution in [0.2, 0.25) is 0 Å². The van der Waals surface area contributed by atoms with Crippen LogP contribution in [0.4, 0.5) is 18.0 Å². The van der Waals surface area contributed by atoms with Crippen molar-refractivity contribution < 1.29 is 31.1 Å². The van der Waals surface area contributed by atoms with Gasteiger partial charge >= 0.3 is 12.2 Å². The summed E-state index contributed by atoms with van der Waals surface area (Å²) < 4.78 is 66.0. The molecule has 0 aliphatic heterocycles. The maximum atomic E-state index is 12.3. The van der Waals surface area contributed by atoms with E-state index in [0.29, 0.717) is 5.56 Å². The number of nitrogens with zero attached hydrogens (tertiary/aromatic N) is 1. The van der Waals surface area contributed by atoms with E-state index in [1.807, 2.05) is 0 Å². The number of hydrogen-bond donors (Lipinski definition) is 2. The van der Waals surface area contributed by atoms with Crippen LogP contribution in [-0.4, -0.2) is 58.3 Å². The van der Waals surface area contributed by atoms with Gasteiger partial charge in [-0.3, -0.25) is 0 Å². The van der Waals surface area contributed by atoms with Gasteiger partial charge in [0.05, 0.1) is 17.5 Å². The summed E-state index contributed by atoms with van der Waals surface area (Å²) in [4.78, 5) is 11.9. The van der Waals surface area contributed by atoms with Gasteiger partial charge in [0.1, 0.15) is 6.61 Å². The summed E-state index contributed by atoms with van der Waals surface area (Å²) in [5.74, 6) is 0. The van der Waals surface area contributed by atoms with Gasteiger partial charge in [0, 0.05) is 20.6 Å². The Labute approximate surface area is 150 Å². The third-order valence-electron chi connectivity index (χ3n) is 3.18. The Kier molecular flexibility index (Phi) is 7.85. The molecule has 0 fully saturated rings. The van der Waals surface area contributed by atoms with Gasteiger partial charge in [-0.2, -0.15) is 13.2 Å². The highest BCUT2D eigenvalue weighted by molar-refractivity contribution is 7.89. The molecule has 1 unspecified atom stereocenters. The number of carbonyl (C=O) groups excluding carboxylic acids is 1. The van der Waals surface area contributed by atoms with E-state index in [9.17, 15) is 26.4 Å². The highest BCUT2D eigenvalue weighted by atomic mass is 32.2. The first kappa shape index (κ1) is 22.2. The van der Waals surface area contributed by atoms with Crippen LogP contribution < -0.4 is 10.6 Å². The fourth-order valence-electron chi connectivity index (χ4n) is 1.94. The lowest BCUT2D eigenvalue weighted by molar-refractivity contribution is -0.174. The second-order valence-electron chi connectivity index (χ2n) is 5.75. The van der Waals surface area contributed by atoms with Crippen molar-refractivity contribution in [3.63, 3.8) is 0 Å². The van der Waals surface area contributed by atoms with Crippen LogP contribution in [-0.2, 0) is 21.3 Å². The Bertz CT molecular complexity index is 708. The Hall–Kier alpha value is -1.85. The van der Waals surface area contributed by atoms with Crippen LogP contribution in [0.1, 0.15) is 12.5 Å². The minimum Gasteiger partial charge on any atom is -0.370 e. The predicted molar refractivity (Wildman–Crippen MR) is 89.0 cm³/mol. The molecule has 2 amide bonds. The second kappa shape index (κ2) is 9.19. The lowest BCUT2D eigenvalue weighted by Gasteiger charge is -2.17. The molecule has 0 aliphatic carbocycles. The highest BCUT2D eigenvalue weighted by Crippen LogP contribution is 2.18.